The molecule has 3 nitrogen and oxygen atoms in total. The van der Waals surface area contributed by atoms with E-state index in [9.17, 15) is 9.59 Å². The van der Waals surface area contributed by atoms with Crippen molar-refractivity contribution in [3.05, 3.63) is 138 Å². The van der Waals surface area contributed by atoms with E-state index in [4.69, 9.17) is 11.8 Å². The maximum Gasteiger partial charge on any atom is 0.242 e. The number of carbonyl (C=O) groups excluding carboxylic acids is 2. The Morgan fingerprint density at radius 2 is 1.27 bits per heavy atom. The molecule has 2 fully saturated rings. The van der Waals surface area contributed by atoms with Crippen molar-refractivity contribution in [2.75, 3.05) is 11.1 Å². The fourth-order valence-corrected chi connectivity index (χ4v) is 23.7. The largest absolute Gasteiger partial charge is 0.274 e. The van der Waals surface area contributed by atoms with Gasteiger partial charge in [0, 0.05) is 0 Å². The highest BCUT2D eigenvalue weighted by Crippen LogP contribution is 3.04. The highest BCUT2D eigenvalue weighted by Gasteiger charge is 2.78. The van der Waals surface area contributed by atoms with Gasteiger partial charge in [-0.2, -0.15) is 0 Å². The Kier molecular flexibility index (Phi) is 6.28. The predicted molar refractivity (Wildman–Crippen MR) is 170 cm³/mol. The summed E-state index contributed by atoms with van der Waals surface area (Å²) < 4.78 is 0. The maximum absolute atomic E-state index is 14.7. The molecule has 0 aromatic heterocycles. The van der Waals surface area contributed by atoms with E-state index in [1.54, 1.807) is 0 Å². The summed E-state index contributed by atoms with van der Waals surface area (Å²) in [7, 11) is -1.12. The molecule has 2 unspecified atom stereocenters. The van der Waals surface area contributed by atoms with Gasteiger partial charge in [0.15, 0.2) is 0 Å². The average molecular weight is 578 g/mol. The first-order valence-corrected chi connectivity index (χ1v) is 18.9. The fraction of sp³-hybridized carbons (Fsp3) is 0.176. The summed E-state index contributed by atoms with van der Waals surface area (Å²) in [5, 5.41) is 0.526. The molecule has 40 heavy (non-hydrogen) atoms. The van der Waals surface area contributed by atoms with Crippen molar-refractivity contribution in [1.29, 1.82) is 0 Å². The Labute approximate surface area is 241 Å². The lowest BCUT2D eigenvalue weighted by molar-refractivity contribution is -0.122. The molecule has 0 saturated carbocycles. The second-order valence-corrected chi connectivity index (χ2v) is 20.9. The van der Waals surface area contributed by atoms with Crippen LogP contribution in [0.1, 0.15) is 30.0 Å². The Morgan fingerprint density at radius 3 is 1.85 bits per heavy atom. The monoisotopic (exact) mass is 577 g/mol. The van der Waals surface area contributed by atoms with Crippen molar-refractivity contribution in [2.24, 2.45) is 5.92 Å². The van der Waals surface area contributed by atoms with Crippen molar-refractivity contribution in [3.8, 4) is 0 Å². The number of rotatable bonds is 6. The number of para-hydroxylation sites is 1. The lowest BCUT2D eigenvalue weighted by atomic mass is 9.74. The minimum Gasteiger partial charge on any atom is -0.274 e. The molecule has 0 spiro atoms. The first-order chi connectivity index (χ1) is 19.6. The zero-order chi connectivity index (χ0) is 27.5. The van der Waals surface area contributed by atoms with Crippen LogP contribution in [0.4, 0.5) is 5.69 Å². The number of imide groups is 1. The van der Waals surface area contributed by atoms with E-state index in [1.165, 1.54) is 15.8 Å². The van der Waals surface area contributed by atoms with Crippen molar-refractivity contribution >= 4 is 53.5 Å². The van der Waals surface area contributed by atoms with E-state index >= 15 is 0 Å². The third kappa shape index (κ3) is 3.31. The molecule has 4 aromatic carbocycles. The summed E-state index contributed by atoms with van der Waals surface area (Å²) >= 11 is 7.01. The van der Waals surface area contributed by atoms with Crippen LogP contribution in [0.3, 0.4) is 0 Å². The number of nitrogens with zero attached hydrogens (tertiary/aromatic N) is 1. The van der Waals surface area contributed by atoms with Gasteiger partial charge in [-0.15, -0.1) is 0 Å². The van der Waals surface area contributed by atoms with E-state index in [1.807, 2.05) is 48.5 Å². The molecule has 2 amide bonds. The van der Waals surface area contributed by atoms with Crippen LogP contribution in [0, 0.1) is 5.92 Å². The minimum absolute atomic E-state index is 0.0732. The Hall–Kier alpha value is -3.16. The number of hydrogen-bond donors (Lipinski definition) is 0. The highest BCUT2D eigenvalue weighted by molar-refractivity contribution is 8.56. The standard InChI is InChI=1S/C34H29NO2P2S/c1-2-23-39(40)34(26-19-11-5-12-20-26)28(24-15-7-3-8-16-24)30(25-17-9-4-10-18-25)38(39)31-29(34)32(36)35(33(31)37)27-21-13-6-14-22-27/h3-22,29,31H,2,23H2,1H3/t29-,31+,34+,38?,39?/m0/s1. The summed E-state index contributed by atoms with van der Waals surface area (Å²) in [6.45, 7) is 2.20. The summed E-state index contributed by atoms with van der Waals surface area (Å²) in [6, 6.07) is 40.9. The SMILES string of the molecule is CCCP1(=S)P2C(c3ccccc3)=C(c3ccccc3)[C@]1(c1ccccc1)[C@@H]1C(=O)N(c3ccccc3)C(=O)[C@@H]12. The van der Waals surface area contributed by atoms with Crippen LogP contribution in [0.25, 0.3) is 10.9 Å². The average Bonchev–Trinajstić information content (AvgIpc) is 3.50. The summed E-state index contributed by atoms with van der Waals surface area (Å²) in [4.78, 5) is 30.8. The number of benzene rings is 4. The Balaban J connectivity index is 1.62. The number of anilines is 1. The lowest BCUT2D eigenvalue weighted by Crippen LogP contribution is -2.41. The molecule has 3 heterocycles. The minimum atomic E-state index is -2.35. The number of allylic oxidation sites excluding steroid dienone is 1. The van der Waals surface area contributed by atoms with E-state index in [2.05, 4.69) is 79.7 Å². The van der Waals surface area contributed by atoms with Crippen molar-refractivity contribution in [2.45, 2.75) is 24.2 Å². The quantitative estimate of drug-likeness (QED) is 0.171. The Bertz CT molecular complexity index is 1690. The summed E-state index contributed by atoms with van der Waals surface area (Å²) in [5.74, 6) is -0.675. The first kappa shape index (κ1) is 25.8. The maximum atomic E-state index is 14.7. The van der Waals surface area contributed by atoms with Crippen molar-refractivity contribution in [1.82, 2.24) is 0 Å². The lowest BCUT2D eigenvalue weighted by Gasteiger charge is -2.42. The second-order valence-electron chi connectivity index (χ2n) is 10.6. The number of fused-ring (bicyclic) bond motifs is 5. The molecule has 0 aliphatic carbocycles. The number of amides is 2. The molecule has 3 aliphatic rings. The third-order valence-corrected chi connectivity index (χ3v) is 22.2. The molecule has 2 bridgehead atoms. The van der Waals surface area contributed by atoms with Gasteiger partial charge >= 0.3 is 0 Å². The fourth-order valence-electron chi connectivity index (χ4n) is 7.30. The van der Waals surface area contributed by atoms with Gasteiger partial charge in [-0.25, -0.2) is 4.90 Å². The summed E-state index contributed by atoms with van der Waals surface area (Å²) in [6.07, 6.45) is 1.80. The molecule has 4 aromatic rings. The van der Waals surface area contributed by atoms with Gasteiger partial charge < -0.3 is 0 Å². The van der Waals surface area contributed by atoms with Gasteiger partial charge in [-0.05, 0) is 59.2 Å². The van der Waals surface area contributed by atoms with Gasteiger partial charge in [0.25, 0.3) is 0 Å². The number of carbonyl (C=O) groups is 2. The molecule has 3 aliphatic heterocycles. The van der Waals surface area contributed by atoms with Crippen LogP contribution in [-0.2, 0) is 26.6 Å². The molecule has 198 valence electrons. The van der Waals surface area contributed by atoms with Crippen molar-refractivity contribution in [3.63, 3.8) is 0 Å². The molecule has 7 rings (SSSR count). The molecule has 0 radical (unpaired) electrons. The van der Waals surface area contributed by atoms with Crippen LogP contribution >= 0.6 is 13.3 Å². The van der Waals surface area contributed by atoms with Gasteiger partial charge in [0.1, 0.15) is 0 Å². The molecule has 0 N–H and O–H groups in total. The van der Waals surface area contributed by atoms with Crippen LogP contribution in [0.15, 0.2) is 121 Å². The smallest absolute Gasteiger partial charge is 0.242 e. The van der Waals surface area contributed by atoms with Crippen LogP contribution < -0.4 is 4.90 Å². The molecule has 6 heteroatoms. The van der Waals surface area contributed by atoms with Crippen LogP contribution in [0.5, 0.6) is 0 Å². The van der Waals surface area contributed by atoms with Gasteiger partial charge in [0.2, 0.25) is 11.8 Å². The second kappa shape index (κ2) is 9.74. The molecule has 5 atom stereocenters. The van der Waals surface area contributed by atoms with E-state index < -0.39 is 30.1 Å². The molecular formula is C34H29NO2P2S. The number of hydrogen-bond acceptors (Lipinski definition) is 3. The zero-order valence-corrected chi connectivity index (χ0v) is 24.8. The van der Waals surface area contributed by atoms with Crippen LogP contribution in [0.2, 0.25) is 0 Å². The van der Waals surface area contributed by atoms with Gasteiger partial charge in [-0.3, -0.25) is 9.59 Å². The zero-order valence-electron chi connectivity index (χ0n) is 22.2. The predicted octanol–water partition coefficient (Wildman–Crippen LogP) is 8.32. The van der Waals surface area contributed by atoms with Crippen LogP contribution in [-0.4, -0.2) is 23.6 Å². The Morgan fingerprint density at radius 1 is 0.750 bits per heavy atom. The molecular weight excluding hydrogens is 548 g/mol. The van der Waals surface area contributed by atoms with E-state index in [0.29, 0.717) is 5.69 Å². The first-order valence-electron chi connectivity index (χ1n) is 13.8. The van der Waals surface area contributed by atoms with Gasteiger partial charge in [0.05, 0.1) is 22.4 Å². The third-order valence-electron chi connectivity index (χ3n) is 8.60. The van der Waals surface area contributed by atoms with Crippen molar-refractivity contribution < 1.29 is 9.59 Å². The highest BCUT2D eigenvalue weighted by atomic mass is 32.6. The van der Waals surface area contributed by atoms with E-state index in [-0.39, 0.29) is 11.8 Å². The van der Waals surface area contributed by atoms with E-state index in [0.717, 1.165) is 29.3 Å². The summed E-state index contributed by atoms with van der Waals surface area (Å²) in [5.41, 5.74) is 2.40. The van der Waals surface area contributed by atoms with Gasteiger partial charge in [-0.1, -0.05) is 134 Å². The topological polar surface area (TPSA) is 37.4 Å². The normalized spacial score (nSPS) is 28.8. The molecule has 2 saturated heterocycles.